The summed E-state index contributed by atoms with van der Waals surface area (Å²) in [7, 11) is 3.41. The van der Waals surface area contributed by atoms with Crippen LogP contribution >= 0.6 is 11.6 Å². The molecular formula is C39H46ClN7O6. The molecule has 0 aliphatic carbocycles. The maximum absolute atomic E-state index is 13.3. The lowest BCUT2D eigenvalue weighted by Gasteiger charge is -2.29. The van der Waals surface area contributed by atoms with E-state index in [0.29, 0.717) is 65.0 Å². The van der Waals surface area contributed by atoms with Crippen molar-refractivity contribution in [1.29, 1.82) is 0 Å². The summed E-state index contributed by atoms with van der Waals surface area (Å²) < 4.78 is 11.4. The molecule has 4 heterocycles. The first-order chi connectivity index (χ1) is 25.3. The minimum atomic E-state index is -0.706. The molecule has 53 heavy (non-hydrogen) atoms. The standard InChI is InChI=1S/C39H46ClN7O6/c1-24-28(8-7-9-30(24)44-36(50)32-13-10-25(20-42-32)21-46(5)18-19-48)35-34(40)29(16-17-41-35)31-14-11-26(37(45-31)52-6)22-47(38(51)53-39(2,3)4)23-27-12-15-33(49)43-27/h7-11,13-14,16-17,20,27,48H,12,15,18-19,21-23H2,1-6H3,(H,43,49)(H,44,50)/t27-/m0/s1. The van der Waals surface area contributed by atoms with Crippen molar-refractivity contribution in [3.63, 3.8) is 0 Å². The molecule has 1 aliphatic heterocycles. The molecule has 13 nitrogen and oxygen atoms in total. The first kappa shape index (κ1) is 39.1. The molecule has 5 rings (SSSR count). The smallest absolute Gasteiger partial charge is 0.410 e. The molecule has 1 fully saturated rings. The first-order valence-electron chi connectivity index (χ1n) is 17.4. The molecule has 0 unspecified atom stereocenters. The van der Waals surface area contributed by atoms with Gasteiger partial charge in [-0.1, -0.05) is 29.8 Å². The van der Waals surface area contributed by atoms with Crippen LogP contribution in [0.2, 0.25) is 5.02 Å². The van der Waals surface area contributed by atoms with Crippen molar-refractivity contribution in [2.45, 2.75) is 65.3 Å². The van der Waals surface area contributed by atoms with Crippen molar-refractivity contribution in [3.8, 4) is 28.4 Å². The molecule has 1 atom stereocenters. The number of amides is 3. The second kappa shape index (κ2) is 17.1. The fourth-order valence-electron chi connectivity index (χ4n) is 5.99. The summed E-state index contributed by atoms with van der Waals surface area (Å²) in [5.74, 6) is -0.0925. The summed E-state index contributed by atoms with van der Waals surface area (Å²) in [4.78, 5) is 55.5. The first-order valence-corrected chi connectivity index (χ1v) is 17.8. The third kappa shape index (κ3) is 10.1. The third-order valence-corrected chi connectivity index (χ3v) is 9.05. The predicted octanol–water partition coefficient (Wildman–Crippen LogP) is 5.87. The highest BCUT2D eigenvalue weighted by molar-refractivity contribution is 6.35. The van der Waals surface area contributed by atoms with Crippen LogP contribution in [0.1, 0.15) is 60.8 Å². The van der Waals surface area contributed by atoms with Crippen LogP contribution in [0.3, 0.4) is 0 Å². The second-order valence-electron chi connectivity index (χ2n) is 14.0. The van der Waals surface area contributed by atoms with Gasteiger partial charge in [-0.05, 0) is 82.6 Å². The van der Waals surface area contributed by atoms with E-state index in [1.54, 1.807) is 62.3 Å². The number of benzene rings is 1. The van der Waals surface area contributed by atoms with E-state index in [4.69, 9.17) is 31.2 Å². The van der Waals surface area contributed by atoms with Crippen LogP contribution in [0.4, 0.5) is 10.5 Å². The van der Waals surface area contributed by atoms with E-state index in [1.165, 1.54) is 7.11 Å². The van der Waals surface area contributed by atoms with E-state index in [2.05, 4.69) is 20.6 Å². The van der Waals surface area contributed by atoms with E-state index in [1.807, 2.05) is 43.1 Å². The van der Waals surface area contributed by atoms with Gasteiger partial charge >= 0.3 is 6.09 Å². The average Bonchev–Trinajstić information content (AvgIpc) is 3.53. The molecule has 280 valence electrons. The van der Waals surface area contributed by atoms with Gasteiger partial charge in [-0.3, -0.25) is 24.5 Å². The Morgan fingerprint density at radius 2 is 1.87 bits per heavy atom. The van der Waals surface area contributed by atoms with E-state index < -0.39 is 11.7 Å². The fraction of sp³-hybridized carbons (Fsp3) is 0.385. The van der Waals surface area contributed by atoms with Crippen LogP contribution in [-0.4, -0.2) is 93.3 Å². The number of pyridine rings is 3. The Bertz CT molecular complexity index is 1950. The van der Waals surface area contributed by atoms with Crippen molar-refractivity contribution in [1.82, 2.24) is 30.1 Å². The quantitative estimate of drug-likeness (QED) is 0.151. The molecule has 0 radical (unpaired) electrons. The summed E-state index contributed by atoms with van der Waals surface area (Å²) in [6, 6.07) is 14.2. The van der Waals surface area contributed by atoms with Crippen LogP contribution in [0.25, 0.3) is 22.5 Å². The maximum Gasteiger partial charge on any atom is 0.410 e. The van der Waals surface area contributed by atoms with Crippen molar-refractivity contribution in [3.05, 3.63) is 88.3 Å². The van der Waals surface area contributed by atoms with Gasteiger partial charge in [0.2, 0.25) is 11.8 Å². The van der Waals surface area contributed by atoms with Gasteiger partial charge in [0.1, 0.15) is 11.3 Å². The van der Waals surface area contributed by atoms with Crippen LogP contribution in [-0.2, 0) is 22.6 Å². The highest BCUT2D eigenvalue weighted by atomic mass is 35.5. The number of aromatic nitrogens is 3. The van der Waals surface area contributed by atoms with E-state index >= 15 is 0 Å². The number of methoxy groups -OCH3 is 1. The van der Waals surface area contributed by atoms with Crippen molar-refractivity contribution in [2.24, 2.45) is 0 Å². The van der Waals surface area contributed by atoms with Crippen molar-refractivity contribution < 1.29 is 29.0 Å². The molecule has 14 heteroatoms. The Labute approximate surface area is 314 Å². The summed E-state index contributed by atoms with van der Waals surface area (Å²) in [6.45, 7) is 8.92. The molecular weight excluding hydrogens is 698 g/mol. The molecule has 3 N–H and O–H groups in total. The van der Waals surface area contributed by atoms with Crippen molar-refractivity contribution >= 4 is 35.2 Å². The lowest BCUT2D eigenvalue weighted by atomic mass is 10.0. The molecule has 3 amide bonds. The molecule has 0 spiro atoms. The molecule has 1 saturated heterocycles. The molecule has 3 aromatic heterocycles. The zero-order valence-electron chi connectivity index (χ0n) is 30.9. The second-order valence-corrected chi connectivity index (χ2v) is 14.4. The normalized spacial score (nSPS) is 14.2. The average molecular weight is 744 g/mol. The number of hydrogen-bond donors (Lipinski definition) is 3. The number of likely N-dealkylation sites (N-methyl/N-ethyl adjacent to an activating group) is 1. The molecule has 4 aromatic rings. The Morgan fingerprint density at radius 3 is 2.53 bits per heavy atom. The fourth-order valence-corrected chi connectivity index (χ4v) is 6.30. The van der Waals surface area contributed by atoms with Crippen molar-refractivity contribution in [2.75, 3.05) is 39.2 Å². The van der Waals surface area contributed by atoms with Crippen LogP contribution < -0.4 is 15.4 Å². The summed E-state index contributed by atoms with van der Waals surface area (Å²) >= 11 is 7.04. The zero-order valence-corrected chi connectivity index (χ0v) is 31.7. The SMILES string of the molecule is COc1nc(-c2ccnc(-c3cccc(NC(=O)c4ccc(CN(C)CCO)cn4)c3C)c2Cl)ccc1CN(C[C@@H]1CCC(=O)N1)C(=O)OC(C)(C)C. The summed E-state index contributed by atoms with van der Waals surface area (Å²) in [6.07, 6.45) is 3.84. The number of carbonyl (C=O) groups excluding carboxylic acids is 3. The summed E-state index contributed by atoms with van der Waals surface area (Å²) in [5.41, 5.74) is 4.86. The van der Waals surface area contributed by atoms with E-state index in [9.17, 15) is 14.4 Å². The van der Waals surface area contributed by atoms with Gasteiger partial charge in [-0.2, -0.15) is 0 Å². The summed E-state index contributed by atoms with van der Waals surface area (Å²) in [5, 5.41) is 15.4. The number of anilines is 1. The predicted molar refractivity (Wildman–Crippen MR) is 203 cm³/mol. The topological polar surface area (TPSA) is 159 Å². The number of aliphatic hydroxyl groups excluding tert-OH is 1. The molecule has 0 saturated carbocycles. The molecule has 1 aliphatic rings. The lowest BCUT2D eigenvalue weighted by molar-refractivity contribution is -0.119. The minimum absolute atomic E-state index is 0.0403. The number of carbonyl (C=O) groups is 3. The highest BCUT2D eigenvalue weighted by Crippen LogP contribution is 2.38. The Hall–Kier alpha value is -5.11. The highest BCUT2D eigenvalue weighted by Gasteiger charge is 2.29. The van der Waals surface area contributed by atoms with Gasteiger partial charge in [0.15, 0.2) is 0 Å². The monoisotopic (exact) mass is 743 g/mol. The number of aliphatic hydroxyl groups is 1. The number of hydrogen-bond acceptors (Lipinski definition) is 10. The number of halogens is 1. The van der Waals surface area contributed by atoms with Gasteiger partial charge < -0.3 is 30.1 Å². The molecule has 0 bridgehead atoms. The zero-order chi connectivity index (χ0) is 38.3. The van der Waals surface area contributed by atoms with Gasteiger partial charge in [-0.15, -0.1) is 0 Å². The number of nitrogens with one attached hydrogen (secondary N) is 2. The number of rotatable bonds is 13. The van der Waals surface area contributed by atoms with Crippen LogP contribution in [0.5, 0.6) is 5.88 Å². The van der Waals surface area contributed by atoms with Crippen LogP contribution in [0.15, 0.2) is 60.9 Å². The van der Waals surface area contributed by atoms with Gasteiger partial charge in [0.25, 0.3) is 5.91 Å². The maximum atomic E-state index is 13.3. The van der Waals surface area contributed by atoms with Gasteiger partial charge in [-0.25, -0.2) is 9.78 Å². The number of ether oxygens (including phenoxy) is 2. The molecule has 1 aromatic carbocycles. The largest absolute Gasteiger partial charge is 0.481 e. The van der Waals surface area contributed by atoms with E-state index in [0.717, 1.165) is 16.7 Å². The Kier molecular flexibility index (Phi) is 12.7. The third-order valence-electron chi connectivity index (χ3n) is 8.66. The minimum Gasteiger partial charge on any atom is -0.481 e. The Morgan fingerprint density at radius 1 is 1.08 bits per heavy atom. The lowest BCUT2D eigenvalue weighted by Crippen LogP contribution is -2.43. The number of nitrogens with zero attached hydrogens (tertiary/aromatic N) is 5. The van der Waals surface area contributed by atoms with E-state index in [-0.39, 0.29) is 43.2 Å². The van der Waals surface area contributed by atoms with Gasteiger partial charge in [0, 0.05) is 66.9 Å². The Balaban J connectivity index is 1.37. The van der Waals surface area contributed by atoms with Gasteiger partial charge in [0.05, 0.1) is 36.7 Å². The van der Waals surface area contributed by atoms with Crippen LogP contribution in [0, 0.1) is 6.92 Å².